The summed E-state index contributed by atoms with van der Waals surface area (Å²) < 4.78 is 0. The van der Waals surface area contributed by atoms with Gasteiger partial charge < -0.3 is 5.32 Å². The molecule has 2 aromatic heterocycles. The zero-order chi connectivity index (χ0) is 13.9. The van der Waals surface area contributed by atoms with E-state index in [2.05, 4.69) is 47.3 Å². The molecule has 4 nitrogen and oxygen atoms in total. The van der Waals surface area contributed by atoms with Crippen molar-refractivity contribution in [2.24, 2.45) is 0 Å². The van der Waals surface area contributed by atoms with Gasteiger partial charge in [0.25, 0.3) is 0 Å². The Morgan fingerprint density at radius 2 is 2.35 bits per heavy atom. The van der Waals surface area contributed by atoms with E-state index < -0.39 is 0 Å². The Balaban J connectivity index is 1.83. The van der Waals surface area contributed by atoms with Gasteiger partial charge in [0.05, 0.1) is 11.9 Å². The Morgan fingerprint density at radius 3 is 3.15 bits per heavy atom. The summed E-state index contributed by atoms with van der Waals surface area (Å²) in [5.74, 6) is 3.13. The van der Waals surface area contributed by atoms with Crippen LogP contribution in [0.3, 0.4) is 0 Å². The topological polar surface area (TPSA) is 41.1 Å². The Morgan fingerprint density at radius 1 is 1.45 bits per heavy atom. The number of rotatable bonds is 4. The minimum absolute atomic E-state index is 0.711. The molecule has 0 bridgehead atoms. The number of anilines is 1. The molecule has 0 amide bonds. The second kappa shape index (κ2) is 6.28. The van der Waals surface area contributed by atoms with Crippen molar-refractivity contribution in [3.05, 3.63) is 17.3 Å². The number of thioether (sulfide) groups is 1. The van der Waals surface area contributed by atoms with Crippen molar-refractivity contribution in [2.45, 2.75) is 25.6 Å². The first-order valence-electron chi connectivity index (χ1n) is 7.08. The highest BCUT2D eigenvalue weighted by Crippen LogP contribution is 2.26. The fourth-order valence-electron chi connectivity index (χ4n) is 2.51. The maximum atomic E-state index is 4.72. The number of aromatic nitrogens is 2. The van der Waals surface area contributed by atoms with Crippen LogP contribution in [0.25, 0.3) is 10.2 Å². The summed E-state index contributed by atoms with van der Waals surface area (Å²) in [6.07, 6.45) is 0. The third-order valence-corrected chi connectivity index (χ3v) is 5.35. The highest BCUT2D eigenvalue weighted by atomic mass is 32.2. The van der Waals surface area contributed by atoms with Gasteiger partial charge in [0.2, 0.25) is 0 Å². The molecule has 20 heavy (non-hydrogen) atoms. The van der Waals surface area contributed by atoms with Crippen molar-refractivity contribution in [3.8, 4) is 0 Å². The van der Waals surface area contributed by atoms with Gasteiger partial charge in [0, 0.05) is 30.6 Å². The van der Waals surface area contributed by atoms with Crippen molar-refractivity contribution in [1.29, 1.82) is 0 Å². The van der Waals surface area contributed by atoms with E-state index in [1.165, 1.54) is 5.75 Å². The van der Waals surface area contributed by atoms with Gasteiger partial charge in [0.15, 0.2) is 0 Å². The number of hydrogen-bond donors (Lipinski definition) is 1. The van der Waals surface area contributed by atoms with Gasteiger partial charge in [-0.2, -0.15) is 11.8 Å². The first-order valence-corrected chi connectivity index (χ1v) is 9.01. The lowest BCUT2D eigenvalue weighted by molar-refractivity contribution is 0.272. The number of hydrogen-bond acceptors (Lipinski definition) is 6. The molecular formula is C14H20N4S2. The molecule has 0 aromatic carbocycles. The predicted molar refractivity (Wildman–Crippen MR) is 88.8 cm³/mol. The highest BCUT2D eigenvalue weighted by molar-refractivity contribution is 7.99. The summed E-state index contributed by atoms with van der Waals surface area (Å²) >= 11 is 3.75. The molecule has 108 valence electrons. The molecule has 2 aromatic rings. The summed E-state index contributed by atoms with van der Waals surface area (Å²) in [6.45, 7) is 8.41. The molecule has 1 unspecified atom stereocenters. The van der Waals surface area contributed by atoms with Crippen LogP contribution in [0.4, 0.5) is 5.82 Å². The molecule has 1 aliphatic heterocycles. The van der Waals surface area contributed by atoms with Crippen molar-refractivity contribution >= 4 is 39.1 Å². The van der Waals surface area contributed by atoms with Crippen LogP contribution in [0.1, 0.15) is 19.7 Å². The summed E-state index contributed by atoms with van der Waals surface area (Å²) in [4.78, 5) is 13.0. The molecule has 3 rings (SSSR count). The molecule has 0 saturated carbocycles. The fourth-order valence-corrected chi connectivity index (χ4v) is 4.37. The molecule has 6 heteroatoms. The standard InChI is InChI=1S/C14H20N4S2/c1-3-15-13-11-4-6-20-14(11)17-12(16-13)9-18-5-7-19-10(2)8-18/h4,6,10H,3,5,7-9H2,1-2H3,(H,15,16,17). The van der Waals surface area contributed by atoms with Crippen molar-refractivity contribution in [1.82, 2.24) is 14.9 Å². The van der Waals surface area contributed by atoms with Crippen LogP contribution < -0.4 is 5.32 Å². The van der Waals surface area contributed by atoms with Gasteiger partial charge in [-0.25, -0.2) is 9.97 Å². The van der Waals surface area contributed by atoms with E-state index in [0.29, 0.717) is 5.25 Å². The van der Waals surface area contributed by atoms with E-state index in [1.54, 1.807) is 11.3 Å². The van der Waals surface area contributed by atoms with E-state index in [4.69, 9.17) is 9.97 Å². The van der Waals surface area contributed by atoms with E-state index in [1.807, 2.05) is 0 Å². The lowest BCUT2D eigenvalue weighted by Crippen LogP contribution is -2.36. The first-order chi connectivity index (χ1) is 9.76. The molecule has 0 radical (unpaired) electrons. The van der Waals surface area contributed by atoms with Crippen LogP contribution in [0.15, 0.2) is 11.4 Å². The predicted octanol–water partition coefficient (Wildman–Crippen LogP) is 3.06. The number of nitrogens with one attached hydrogen (secondary N) is 1. The molecule has 1 saturated heterocycles. The molecule has 1 atom stereocenters. The van der Waals surface area contributed by atoms with E-state index >= 15 is 0 Å². The van der Waals surface area contributed by atoms with Gasteiger partial charge in [-0.15, -0.1) is 11.3 Å². The third-order valence-electron chi connectivity index (χ3n) is 3.41. The molecule has 1 aliphatic rings. The maximum Gasteiger partial charge on any atom is 0.146 e. The van der Waals surface area contributed by atoms with Gasteiger partial charge >= 0.3 is 0 Å². The van der Waals surface area contributed by atoms with Gasteiger partial charge in [0.1, 0.15) is 16.5 Å². The van der Waals surface area contributed by atoms with Crippen molar-refractivity contribution in [3.63, 3.8) is 0 Å². The van der Waals surface area contributed by atoms with E-state index in [0.717, 1.165) is 48.0 Å². The average molecular weight is 308 g/mol. The van der Waals surface area contributed by atoms with Crippen LogP contribution >= 0.6 is 23.1 Å². The number of fused-ring (bicyclic) bond motifs is 1. The quantitative estimate of drug-likeness (QED) is 0.940. The largest absolute Gasteiger partial charge is 0.370 e. The Kier molecular flexibility index (Phi) is 4.43. The summed E-state index contributed by atoms with van der Waals surface area (Å²) in [5.41, 5.74) is 0. The van der Waals surface area contributed by atoms with E-state index in [9.17, 15) is 0 Å². The molecule has 0 spiro atoms. The lowest BCUT2D eigenvalue weighted by atomic mass is 10.3. The molecule has 3 heterocycles. The molecule has 0 aliphatic carbocycles. The van der Waals surface area contributed by atoms with Crippen LogP contribution in [-0.4, -0.2) is 45.5 Å². The second-order valence-corrected chi connectivity index (χ2v) is 7.52. The summed E-state index contributed by atoms with van der Waals surface area (Å²) in [6, 6.07) is 2.10. The van der Waals surface area contributed by atoms with Crippen molar-refractivity contribution < 1.29 is 0 Å². The lowest BCUT2D eigenvalue weighted by Gasteiger charge is -2.29. The maximum absolute atomic E-state index is 4.72. The van der Waals surface area contributed by atoms with Crippen molar-refractivity contribution in [2.75, 3.05) is 30.7 Å². The average Bonchev–Trinajstić information content (AvgIpc) is 2.87. The van der Waals surface area contributed by atoms with Gasteiger partial charge in [-0.05, 0) is 18.4 Å². The van der Waals surface area contributed by atoms with Crippen LogP contribution in [0.2, 0.25) is 0 Å². The molecule has 1 N–H and O–H groups in total. The highest BCUT2D eigenvalue weighted by Gasteiger charge is 2.18. The van der Waals surface area contributed by atoms with Gasteiger partial charge in [-0.1, -0.05) is 6.92 Å². The fraction of sp³-hybridized carbons (Fsp3) is 0.571. The van der Waals surface area contributed by atoms with Gasteiger partial charge in [-0.3, -0.25) is 4.90 Å². The SMILES string of the molecule is CCNc1nc(CN2CCSC(C)C2)nc2sccc12. The Bertz CT molecular complexity index is 584. The summed E-state index contributed by atoms with van der Waals surface area (Å²) in [7, 11) is 0. The van der Waals surface area contributed by atoms with Crippen LogP contribution in [0.5, 0.6) is 0 Å². The normalized spacial score (nSPS) is 20.4. The molecular weight excluding hydrogens is 288 g/mol. The zero-order valence-corrected chi connectivity index (χ0v) is 13.6. The zero-order valence-electron chi connectivity index (χ0n) is 11.9. The monoisotopic (exact) mass is 308 g/mol. The minimum atomic E-state index is 0.711. The second-order valence-electron chi connectivity index (χ2n) is 5.07. The number of thiophene rings is 1. The smallest absolute Gasteiger partial charge is 0.146 e. The first kappa shape index (κ1) is 14.1. The Hall–Kier alpha value is -0.850. The van der Waals surface area contributed by atoms with Crippen LogP contribution in [-0.2, 0) is 6.54 Å². The third kappa shape index (κ3) is 3.07. The molecule has 1 fully saturated rings. The minimum Gasteiger partial charge on any atom is -0.370 e. The van der Waals surface area contributed by atoms with Crippen LogP contribution in [0, 0.1) is 0 Å². The Labute approximate surface area is 128 Å². The summed E-state index contributed by atoms with van der Waals surface area (Å²) in [5, 5.41) is 7.30. The number of nitrogens with zero attached hydrogens (tertiary/aromatic N) is 3. The van der Waals surface area contributed by atoms with E-state index in [-0.39, 0.29) is 0 Å².